The number of rotatable bonds is 1. The highest BCUT2D eigenvalue weighted by molar-refractivity contribution is 5.96. The number of carbonyl (C=O) groups excluding carboxylic acids is 1. The summed E-state index contributed by atoms with van der Waals surface area (Å²) in [6, 6.07) is 12.3. The van der Waals surface area contributed by atoms with E-state index in [4.69, 9.17) is 0 Å². The highest BCUT2D eigenvalue weighted by Gasteiger charge is 2.24. The third kappa shape index (κ3) is 1.25. The quantitative estimate of drug-likeness (QED) is 0.711. The van der Waals surface area contributed by atoms with Crippen LogP contribution in [0.3, 0.4) is 0 Å². The van der Waals surface area contributed by atoms with Crippen LogP contribution in [-0.2, 0) is 11.3 Å². The van der Waals surface area contributed by atoms with E-state index in [-0.39, 0.29) is 5.91 Å². The van der Waals surface area contributed by atoms with Crippen molar-refractivity contribution in [2.45, 2.75) is 6.54 Å². The standard InChI is InChI=1S/C13H12N2O/c1-14-12-7-11(8-15(12)9-13(14)16)10-5-3-2-4-6-10/h2-8H,9H2,1H3. The van der Waals surface area contributed by atoms with Crippen molar-refractivity contribution in [3.05, 3.63) is 42.6 Å². The molecule has 1 amide bonds. The Morgan fingerprint density at radius 2 is 1.88 bits per heavy atom. The molecule has 16 heavy (non-hydrogen) atoms. The van der Waals surface area contributed by atoms with Crippen LogP contribution in [0, 0.1) is 0 Å². The molecular weight excluding hydrogens is 200 g/mol. The predicted molar refractivity (Wildman–Crippen MR) is 63.3 cm³/mol. The summed E-state index contributed by atoms with van der Waals surface area (Å²) >= 11 is 0. The maximum absolute atomic E-state index is 11.4. The Kier molecular flexibility index (Phi) is 1.86. The topological polar surface area (TPSA) is 25.2 Å². The molecule has 1 aromatic heterocycles. The number of likely N-dealkylation sites (N-methyl/N-ethyl adjacent to an activating group) is 1. The maximum Gasteiger partial charge on any atom is 0.247 e. The van der Waals surface area contributed by atoms with Crippen LogP contribution in [0.5, 0.6) is 0 Å². The van der Waals surface area contributed by atoms with Crippen LogP contribution in [0.4, 0.5) is 5.82 Å². The zero-order chi connectivity index (χ0) is 11.1. The van der Waals surface area contributed by atoms with Crippen LogP contribution < -0.4 is 4.90 Å². The van der Waals surface area contributed by atoms with E-state index < -0.39 is 0 Å². The lowest BCUT2D eigenvalue weighted by Crippen LogP contribution is -2.20. The van der Waals surface area contributed by atoms with Gasteiger partial charge >= 0.3 is 0 Å². The number of hydrogen-bond acceptors (Lipinski definition) is 1. The van der Waals surface area contributed by atoms with Crippen molar-refractivity contribution in [2.24, 2.45) is 0 Å². The number of anilines is 1. The number of aromatic nitrogens is 1. The van der Waals surface area contributed by atoms with E-state index in [0.29, 0.717) is 6.54 Å². The molecule has 0 radical (unpaired) electrons. The Hall–Kier alpha value is -2.03. The SMILES string of the molecule is CN1C(=O)Cn2cc(-c3ccccc3)cc21. The van der Waals surface area contributed by atoms with E-state index in [0.717, 1.165) is 11.4 Å². The summed E-state index contributed by atoms with van der Waals surface area (Å²) in [6.07, 6.45) is 2.03. The van der Waals surface area contributed by atoms with Gasteiger partial charge in [0.2, 0.25) is 5.91 Å². The van der Waals surface area contributed by atoms with Crippen molar-refractivity contribution >= 4 is 11.7 Å². The van der Waals surface area contributed by atoms with E-state index in [9.17, 15) is 4.79 Å². The Morgan fingerprint density at radius 3 is 2.56 bits per heavy atom. The van der Waals surface area contributed by atoms with E-state index in [1.807, 2.05) is 36.0 Å². The number of carbonyl (C=O) groups is 1. The van der Waals surface area contributed by atoms with Gasteiger partial charge in [0.05, 0.1) is 0 Å². The van der Waals surface area contributed by atoms with Crippen LogP contribution >= 0.6 is 0 Å². The van der Waals surface area contributed by atoms with Gasteiger partial charge in [-0.15, -0.1) is 0 Å². The minimum Gasteiger partial charge on any atom is -0.324 e. The third-order valence-corrected chi connectivity index (χ3v) is 3.00. The molecule has 0 fully saturated rings. The fraction of sp³-hybridized carbons (Fsp3) is 0.154. The van der Waals surface area contributed by atoms with Gasteiger partial charge in [0.15, 0.2) is 0 Å². The van der Waals surface area contributed by atoms with Crippen molar-refractivity contribution < 1.29 is 4.79 Å². The summed E-state index contributed by atoms with van der Waals surface area (Å²) in [5.74, 6) is 1.12. The van der Waals surface area contributed by atoms with Crippen LogP contribution in [0.25, 0.3) is 11.1 Å². The summed E-state index contributed by atoms with van der Waals surface area (Å²) < 4.78 is 1.99. The molecular formula is C13H12N2O. The molecule has 0 saturated carbocycles. The molecule has 0 atom stereocenters. The van der Waals surface area contributed by atoms with Gasteiger partial charge in [-0.05, 0) is 11.6 Å². The molecule has 3 rings (SSSR count). The zero-order valence-corrected chi connectivity index (χ0v) is 9.05. The lowest BCUT2D eigenvalue weighted by Gasteiger charge is -2.05. The van der Waals surface area contributed by atoms with Crippen molar-refractivity contribution in [1.29, 1.82) is 0 Å². The third-order valence-electron chi connectivity index (χ3n) is 3.00. The summed E-state index contributed by atoms with van der Waals surface area (Å²) in [4.78, 5) is 13.1. The van der Waals surface area contributed by atoms with E-state index in [2.05, 4.69) is 18.2 Å². The van der Waals surface area contributed by atoms with E-state index >= 15 is 0 Å². The Labute approximate surface area is 93.9 Å². The smallest absolute Gasteiger partial charge is 0.247 e. The van der Waals surface area contributed by atoms with Gasteiger partial charge in [-0.2, -0.15) is 0 Å². The Balaban J connectivity index is 2.05. The average molecular weight is 212 g/mol. The van der Waals surface area contributed by atoms with Crippen molar-refractivity contribution in [3.63, 3.8) is 0 Å². The normalized spacial score (nSPS) is 14.3. The van der Waals surface area contributed by atoms with Gasteiger partial charge in [0, 0.05) is 18.8 Å². The molecule has 0 spiro atoms. The second-order valence-corrected chi connectivity index (χ2v) is 4.03. The molecule has 1 aliphatic rings. The zero-order valence-electron chi connectivity index (χ0n) is 9.05. The first-order valence-electron chi connectivity index (χ1n) is 5.28. The Morgan fingerprint density at radius 1 is 1.12 bits per heavy atom. The Bertz CT molecular complexity index is 542. The molecule has 0 bridgehead atoms. The van der Waals surface area contributed by atoms with Crippen LogP contribution in [0.1, 0.15) is 0 Å². The van der Waals surface area contributed by atoms with Gasteiger partial charge in [0.1, 0.15) is 12.4 Å². The fourth-order valence-corrected chi connectivity index (χ4v) is 2.08. The van der Waals surface area contributed by atoms with E-state index in [1.165, 1.54) is 5.56 Å². The number of hydrogen-bond donors (Lipinski definition) is 0. The lowest BCUT2D eigenvalue weighted by molar-refractivity contribution is -0.117. The van der Waals surface area contributed by atoms with E-state index in [1.54, 1.807) is 4.90 Å². The first-order chi connectivity index (χ1) is 7.75. The number of nitrogens with zero attached hydrogens (tertiary/aromatic N) is 2. The van der Waals surface area contributed by atoms with Gasteiger partial charge < -0.3 is 4.57 Å². The molecule has 2 heterocycles. The molecule has 80 valence electrons. The van der Waals surface area contributed by atoms with Crippen molar-refractivity contribution in [2.75, 3.05) is 11.9 Å². The van der Waals surface area contributed by atoms with Crippen LogP contribution in [0.15, 0.2) is 42.6 Å². The number of fused-ring (bicyclic) bond motifs is 1. The highest BCUT2D eigenvalue weighted by atomic mass is 16.2. The minimum absolute atomic E-state index is 0.148. The first-order valence-corrected chi connectivity index (χ1v) is 5.28. The molecule has 0 unspecified atom stereocenters. The summed E-state index contributed by atoms with van der Waals surface area (Å²) in [5.41, 5.74) is 2.35. The maximum atomic E-state index is 11.4. The van der Waals surface area contributed by atoms with Gasteiger partial charge in [-0.1, -0.05) is 30.3 Å². The molecule has 0 saturated heterocycles. The summed E-state index contributed by atoms with van der Waals surface area (Å²) in [7, 11) is 1.82. The molecule has 1 aromatic carbocycles. The number of amides is 1. The second-order valence-electron chi connectivity index (χ2n) is 4.03. The predicted octanol–water partition coefficient (Wildman–Crippen LogP) is 2.13. The van der Waals surface area contributed by atoms with Crippen LogP contribution in [-0.4, -0.2) is 17.5 Å². The fourth-order valence-electron chi connectivity index (χ4n) is 2.08. The molecule has 2 aromatic rings. The average Bonchev–Trinajstić information content (AvgIpc) is 2.82. The number of benzene rings is 1. The monoisotopic (exact) mass is 212 g/mol. The molecule has 1 aliphatic heterocycles. The highest BCUT2D eigenvalue weighted by Crippen LogP contribution is 2.29. The van der Waals surface area contributed by atoms with Crippen molar-refractivity contribution in [1.82, 2.24) is 4.57 Å². The van der Waals surface area contributed by atoms with Gasteiger partial charge in [-0.3, -0.25) is 9.69 Å². The first kappa shape index (κ1) is 9.21. The second kappa shape index (κ2) is 3.23. The molecule has 0 aliphatic carbocycles. The lowest BCUT2D eigenvalue weighted by atomic mass is 10.1. The molecule has 0 N–H and O–H groups in total. The van der Waals surface area contributed by atoms with Crippen LogP contribution in [0.2, 0.25) is 0 Å². The molecule has 3 nitrogen and oxygen atoms in total. The van der Waals surface area contributed by atoms with Gasteiger partial charge in [0.25, 0.3) is 0 Å². The summed E-state index contributed by atoms with van der Waals surface area (Å²) in [6.45, 7) is 0.457. The largest absolute Gasteiger partial charge is 0.324 e. The molecule has 3 heteroatoms. The van der Waals surface area contributed by atoms with Gasteiger partial charge in [-0.25, -0.2) is 0 Å². The van der Waals surface area contributed by atoms with Crippen molar-refractivity contribution in [3.8, 4) is 11.1 Å². The minimum atomic E-state index is 0.148. The summed E-state index contributed by atoms with van der Waals surface area (Å²) in [5, 5.41) is 0.